The Morgan fingerprint density at radius 3 is 2.70 bits per heavy atom. The molecule has 2 unspecified atom stereocenters. The number of nitrogens with zero attached hydrogens (tertiary/aromatic N) is 5. The van der Waals surface area contributed by atoms with Crippen molar-refractivity contribution in [3.8, 4) is 5.75 Å². The highest BCUT2D eigenvalue weighted by Crippen LogP contribution is 2.54. The Balaban J connectivity index is 1.25. The molecule has 3 atom stereocenters. The number of hydrogen-bond acceptors (Lipinski definition) is 6. The fraction of sp³-hybridized carbons (Fsp3) is 0.656. The number of amides is 2. The Labute approximate surface area is 256 Å². The molecule has 4 heterocycles. The van der Waals surface area contributed by atoms with E-state index in [9.17, 15) is 19.5 Å². The molecule has 1 aromatic heterocycles. The number of hydrogen-bond donors (Lipinski definition) is 1. The van der Waals surface area contributed by atoms with Crippen LogP contribution in [0.2, 0.25) is 5.02 Å². The van der Waals surface area contributed by atoms with E-state index in [0.29, 0.717) is 56.1 Å². The first-order chi connectivity index (χ1) is 20.7. The summed E-state index contributed by atoms with van der Waals surface area (Å²) < 4.78 is 8.61. The van der Waals surface area contributed by atoms with Gasteiger partial charge in [-0.05, 0) is 75.0 Å². The lowest BCUT2D eigenvalue weighted by atomic mass is 9.66. The molecule has 7 rings (SSSR count). The van der Waals surface area contributed by atoms with E-state index in [1.54, 1.807) is 6.92 Å². The summed E-state index contributed by atoms with van der Waals surface area (Å²) >= 11 is 6.79. The molecule has 1 saturated heterocycles. The second kappa shape index (κ2) is 10.8. The molecule has 3 fully saturated rings. The molecule has 2 aromatic rings. The van der Waals surface area contributed by atoms with Crippen LogP contribution >= 0.6 is 11.6 Å². The Hall–Kier alpha value is -3.14. The number of carbonyl (C=O) groups excluding carboxylic acids is 2. The van der Waals surface area contributed by atoms with Crippen molar-refractivity contribution in [3.63, 3.8) is 0 Å². The lowest BCUT2D eigenvalue weighted by Gasteiger charge is -2.45. The van der Waals surface area contributed by atoms with Crippen LogP contribution in [0, 0.1) is 16.7 Å². The van der Waals surface area contributed by atoms with Gasteiger partial charge in [-0.1, -0.05) is 24.4 Å². The molecule has 10 nitrogen and oxygen atoms in total. The SMILES string of the molecule is C[C@]1(C(=O)O)CCCCC1C(=O)N1CCc2c(Cl)ccc(OCc3nnc4n3CCCC4)c2C1CN1CC2(CC2)CC1=O. The largest absolute Gasteiger partial charge is 0.485 e. The van der Waals surface area contributed by atoms with Crippen LogP contribution in [0.4, 0.5) is 0 Å². The van der Waals surface area contributed by atoms with Crippen molar-refractivity contribution < 1.29 is 24.2 Å². The number of aromatic nitrogens is 3. The van der Waals surface area contributed by atoms with Gasteiger partial charge in [-0.2, -0.15) is 0 Å². The van der Waals surface area contributed by atoms with Crippen molar-refractivity contribution in [2.75, 3.05) is 19.6 Å². The van der Waals surface area contributed by atoms with Crippen LogP contribution in [0.15, 0.2) is 12.1 Å². The van der Waals surface area contributed by atoms with Crippen molar-refractivity contribution in [1.29, 1.82) is 0 Å². The summed E-state index contributed by atoms with van der Waals surface area (Å²) in [6.07, 6.45) is 8.92. The number of benzene rings is 1. The van der Waals surface area contributed by atoms with Gasteiger partial charge in [-0.15, -0.1) is 10.2 Å². The van der Waals surface area contributed by atoms with Crippen molar-refractivity contribution in [3.05, 3.63) is 39.9 Å². The third-order valence-electron chi connectivity index (χ3n) is 10.9. The zero-order chi connectivity index (χ0) is 29.9. The second-order valence-corrected chi connectivity index (χ2v) is 14.0. The van der Waals surface area contributed by atoms with E-state index in [0.717, 1.165) is 74.3 Å². The van der Waals surface area contributed by atoms with Crippen molar-refractivity contribution in [2.45, 2.75) is 96.7 Å². The predicted octanol–water partition coefficient (Wildman–Crippen LogP) is 4.57. The van der Waals surface area contributed by atoms with Gasteiger partial charge in [0.25, 0.3) is 0 Å². The number of carboxylic acids is 1. The number of carbonyl (C=O) groups is 3. The van der Waals surface area contributed by atoms with Gasteiger partial charge in [0.15, 0.2) is 5.82 Å². The molecule has 1 aromatic carbocycles. The molecule has 43 heavy (non-hydrogen) atoms. The number of ether oxygens (including phenoxy) is 1. The summed E-state index contributed by atoms with van der Waals surface area (Å²) in [5.41, 5.74) is 0.703. The van der Waals surface area contributed by atoms with Gasteiger partial charge in [-0.3, -0.25) is 14.4 Å². The van der Waals surface area contributed by atoms with Crippen molar-refractivity contribution in [2.24, 2.45) is 16.7 Å². The van der Waals surface area contributed by atoms with Crippen LogP contribution in [0.3, 0.4) is 0 Å². The number of carboxylic acid groups (broad SMARTS) is 1. The highest BCUT2D eigenvalue weighted by atomic mass is 35.5. The maximum Gasteiger partial charge on any atom is 0.310 e. The molecule has 0 radical (unpaired) electrons. The van der Waals surface area contributed by atoms with E-state index in [-0.39, 0.29) is 23.8 Å². The quantitative estimate of drug-likeness (QED) is 0.489. The average Bonchev–Trinajstić information content (AvgIpc) is 3.50. The predicted molar refractivity (Wildman–Crippen MR) is 157 cm³/mol. The summed E-state index contributed by atoms with van der Waals surface area (Å²) in [4.78, 5) is 43.9. The van der Waals surface area contributed by atoms with Crippen molar-refractivity contribution >= 4 is 29.4 Å². The van der Waals surface area contributed by atoms with Gasteiger partial charge in [0, 0.05) is 49.6 Å². The number of rotatable bonds is 7. The first-order valence-electron chi connectivity index (χ1n) is 15.9. The van der Waals surface area contributed by atoms with E-state index in [2.05, 4.69) is 14.8 Å². The molecule has 0 bridgehead atoms. The molecule has 230 valence electrons. The standard InChI is InChI=1S/C32H40ClN5O5/c1-31(30(41)42)11-4-2-6-21(31)29(40)37-15-10-20-22(33)8-9-24(43-18-26-35-34-25-7-3-5-14-38(25)26)28(20)23(37)17-36-19-32(12-13-32)16-27(36)39/h8-9,21,23H,2-7,10-19H2,1H3,(H,41,42)/t21?,23?,31-/m0/s1. The number of aryl methyl sites for hydroxylation is 1. The topological polar surface area (TPSA) is 118 Å². The maximum absolute atomic E-state index is 14.5. The summed E-state index contributed by atoms with van der Waals surface area (Å²) in [5.74, 6) is 0.783. The molecule has 2 aliphatic carbocycles. The number of fused-ring (bicyclic) bond motifs is 2. The van der Waals surface area contributed by atoms with Gasteiger partial charge in [0.2, 0.25) is 11.8 Å². The van der Waals surface area contributed by atoms with E-state index in [1.807, 2.05) is 21.9 Å². The van der Waals surface area contributed by atoms with Gasteiger partial charge in [-0.25, -0.2) is 0 Å². The van der Waals surface area contributed by atoms with E-state index in [1.165, 1.54) is 0 Å². The lowest BCUT2D eigenvalue weighted by Crippen LogP contribution is -2.52. The van der Waals surface area contributed by atoms with E-state index in [4.69, 9.17) is 16.3 Å². The highest BCUT2D eigenvalue weighted by molar-refractivity contribution is 6.31. The maximum atomic E-state index is 14.5. The molecule has 2 saturated carbocycles. The second-order valence-electron chi connectivity index (χ2n) is 13.6. The summed E-state index contributed by atoms with van der Waals surface area (Å²) in [6, 6.07) is 3.20. The molecule has 2 amide bonds. The highest BCUT2D eigenvalue weighted by Gasteiger charge is 2.54. The van der Waals surface area contributed by atoms with E-state index < -0.39 is 23.3 Å². The Morgan fingerprint density at radius 2 is 1.93 bits per heavy atom. The third-order valence-corrected chi connectivity index (χ3v) is 11.3. The molecule has 5 aliphatic rings. The molecule has 11 heteroatoms. The molecule has 1 N–H and O–H groups in total. The van der Waals surface area contributed by atoms with Crippen LogP contribution < -0.4 is 4.74 Å². The van der Waals surface area contributed by atoms with Gasteiger partial charge in [0.1, 0.15) is 18.2 Å². The average molecular weight is 610 g/mol. The smallest absolute Gasteiger partial charge is 0.310 e. The third kappa shape index (κ3) is 4.99. The minimum atomic E-state index is -1.12. The molecular weight excluding hydrogens is 570 g/mol. The Kier molecular flexibility index (Phi) is 7.18. The number of aliphatic carboxylic acids is 1. The lowest BCUT2D eigenvalue weighted by molar-refractivity contribution is -0.162. The fourth-order valence-electron chi connectivity index (χ4n) is 8.03. The van der Waals surface area contributed by atoms with Gasteiger partial charge >= 0.3 is 5.97 Å². The summed E-state index contributed by atoms with van der Waals surface area (Å²) in [7, 11) is 0. The Morgan fingerprint density at radius 1 is 1.09 bits per heavy atom. The Bertz CT molecular complexity index is 1470. The van der Waals surface area contributed by atoms with Crippen molar-refractivity contribution in [1.82, 2.24) is 24.6 Å². The number of likely N-dealkylation sites (tertiary alicyclic amines) is 1. The first-order valence-corrected chi connectivity index (χ1v) is 16.2. The zero-order valence-electron chi connectivity index (χ0n) is 24.8. The molecule has 3 aliphatic heterocycles. The zero-order valence-corrected chi connectivity index (χ0v) is 25.6. The molecule has 1 spiro atoms. The summed E-state index contributed by atoms with van der Waals surface area (Å²) in [5, 5.41) is 19.6. The monoisotopic (exact) mass is 609 g/mol. The van der Waals surface area contributed by atoms with E-state index >= 15 is 0 Å². The normalized spacial score (nSPS) is 27.6. The van der Waals surface area contributed by atoms with Crippen LogP contribution in [0.1, 0.15) is 93.5 Å². The van der Waals surface area contributed by atoms with Gasteiger partial charge in [0.05, 0.1) is 17.4 Å². The van der Waals surface area contributed by atoms with Crippen LogP contribution in [-0.2, 0) is 40.4 Å². The van der Waals surface area contributed by atoms with Gasteiger partial charge < -0.3 is 24.2 Å². The molecular formula is C32H40ClN5O5. The number of halogens is 1. The fourth-order valence-corrected chi connectivity index (χ4v) is 8.29. The minimum absolute atomic E-state index is 0.0785. The first kappa shape index (κ1) is 28.6. The minimum Gasteiger partial charge on any atom is -0.485 e. The van der Waals surface area contributed by atoms with Crippen LogP contribution in [-0.4, -0.2) is 67.1 Å². The van der Waals surface area contributed by atoms with Crippen LogP contribution in [0.5, 0.6) is 5.75 Å². The summed E-state index contributed by atoms with van der Waals surface area (Å²) in [6.45, 7) is 4.26. The van der Waals surface area contributed by atoms with Crippen LogP contribution in [0.25, 0.3) is 0 Å².